The van der Waals surface area contributed by atoms with E-state index < -0.39 is 21.9 Å². The number of carboxylic acid groups (broad SMARTS) is 1. The number of nitrogens with zero attached hydrogens (tertiary/aromatic N) is 3. The fourth-order valence-electron chi connectivity index (χ4n) is 5.76. The third-order valence-electron chi connectivity index (χ3n) is 8.25. The molecule has 2 saturated carbocycles. The van der Waals surface area contributed by atoms with Gasteiger partial charge in [0.15, 0.2) is 5.69 Å². The van der Waals surface area contributed by atoms with Gasteiger partial charge in [-0.3, -0.25) is 9.35 Å². The molecule has 2 fully saturated rings. The van der Waals surface area contributed by atoms with E-state index in [2.05, 4.69) is 11.1 Å². The molecule has 2 aliphatic rings. The Labute approximate surface area is 254 Å². The Bertz CT molecular complexity index is 1760. The monoisotopic (exact) mass is 624 g/mol. The second-order valence-electron chi connectivity index (χ2n) is 11.7. The number of rotatable bonds is 10. The highest BCUT2D eigenvalue weighted by Crippen LogP contribution is 2.39. The van der Waals surface area contributed by atoms with Crippen LogP contribution < -0.4 is 5.14 Å². The summed E-state index contributed by atoms with van der Waals surface area (Å²) in [6.45, 7) is 0. The van der Waals surface area contributed by atoms with Crippen LogP contribution in [0.25, 0.3) is 22.5 Å². The van der Waals surface area contributed by atoms with Crippen molar-refractivity contribution in [1.29, 1.82) is 0 Å². The Hall–Kier alpha value is -3.54. The van der Waals surface area contributed by atoms with Crippen LogP contribution in [0.1, 0.15) is 71.4 Å². The summed E-state index contributed by atoms with van der Waals surface area (Å²) < 4.78 is 44.1. The Morgan fingerprint density at radius 2 is 1.91 bits per heavy atom. The van der Waals surface area contributed by atoms with E-state index in [0.717, 1.165) is 36.9 Å². The topological polar surface area (TPSA) is 111 Å². The van der Waals surface area contributed by atoms with Gasteiger partial charge in [0.05, 0.1) is 16.3 Å². The van der Waals surface area contributed by atoms with E-state index in [0.29, 0.717) is 52.2 Å². The van der Waals surface area contributed by atoms with Crippen molar-refractivity contribution < 1.29 is 22.9 Å². The minimum Gasteiger partial charge on any atom is -0.476 e. The Morgan fingerprint density at radius 1 is 1.14 bits per heavy atom. The second-order valence-corrected chi connectivity index (χ2v) is 15.0. The number of halogens is 2. The van der Waals surface area contributed by atoms with E-state index in [1.807, 2.05) is 6.08 Å². The number of benzene rings is 2. The van der Waals surface area contributed by atoms with Crippen molar-refractivity contribution >= 4 is 33.5 Å². The highest BCUT2D eigenvalue weighted by atomic mass is 32.3. The molecule has 0 spiro atoms. The first-order valence-electron chi connectivity index (χ1n) is 14.5. The summed E-state index contributed by atoms with van der Waals surface area (Å²) in [5.74, 6) is -1.19. The molecule has 0 aliphatic heterocycles. The average molecular weight is 625 g/mol. The van der Waals surface area contributed by atoms with E-state index in [-0.39, 0.29) is 16.4 Å². The average Bonchev–Trinajstić information content (AvgIpc) is 3.30. The van der Waals surface area contributed by atoms with E-state index in [1.54, 1.807) is 22.9 Å². The lowest BCUT2D eigenvalue weighted by Crippen LogP contribution is -2.22. The molecule has 226 valence electrons. The van der Waals surface area contributed by atoms with Gasteiger partial charge in [0.1, 0.15) is 11.6 Å². The van der Waals surface area contributed by atoms with Crippen molar-refractivity contribution in [3.05, 3.63) is 87.6 Å². The first kappa shape index (κ1) is 29.5. The van der Waals surface area contributed by atoms with Crippen molar-refractivity contribution in [2.75, 3.05) is 6.26 Å². The van der Waals surface area contributed by atoms with Crippen LogP contribution in [0.3, 0.4) is 0 Å². The second kappa shape index (κ2) is 11.9. The van der Waals surface area contributed by atoms with Gasteiger partial charge in [-0.25, -0.2) is 23.2 Å². The summed E-state index contributed by atoms with van der Waals surface area (Å²) in [6.07, 6.45) is 13.0. The minimum absolute atomic E-state index is 0.00779. The number of hydrogen-bond donors (Lipinski definition) is 3. The molecule has 2 aliphatic carbocycles. The van der Waals surface area contributed by atoms with E-state index in [1.165, 1.54) is 54.0 Å². The molecule has 0 bridgehead atoms. The molecular formula is C32H34F2N4O3S2. The fraction of sp³-hybridized carbons (Fsp3) is 0.344. The van der Waals surface area contributed by atoms with Crippen molar-refractivity contribution in [1.82, 2.24) is 14.8 Å². The number of nitrogens with two attached hydrogens (primary N) is 1. The molecule has 4 aromatic rings. The molecule has 0 radical (unpaired) electrons. The third-order valence-corrected chi connectivity index (χ3v) is 10.4. The summed E-state index contributed by atoms with van der Waals surface area (Å²) >= 11 is 1.18. The number of thiol groups is 1. The maximum absolute atomic E-state index is 15.1. The van der Waals surface area contributed by atoms with Crippen LogP contribution in [0.5, 0.6) is 0 Å². The zero-order valence-corrected chi connectivity index (χ0v) is 25.5. The van der Waals surface area contributed by atoms with Crippen LogP contribution in [0.15, 0.2) is 52.7 Å². The lowest BCUT2D eigenvalue weighted by Gasteiger charge is -2.15. The first-order chi connectivity index (χ1) is 20.6. The Morgan fingerprint density at radius 3 is 2.56 bits per heavy atom. The maximum Gasteiger partial charge on any atom is 0.355 e. The van der Waals surface area contributed by atoms with Crippen molar-refractivity contribution in [3.8, 4) is 16.4 Å². The van der Waals surface area contributed by atoms with Crippen molar-refractivity contribution in [3.63, 3.8) is 0 Å². The van der Waals surface area contributed by atoms with Gasteiger partial charge in [0.25, 0.3) is 0 Å². The predicted octanol–water partition coefficient (Wildman–Crippen LogP) is 6.60. The molecule has 2 aromatic carbocycles. The van der Waals surface area contributed by atoms with E-state index in [4.69, 9.17) is 10.2 Å². The summed E-state index contributed by atoms with van der Waals surface area (Å²) in [4.78, 5) is 15.9. The summed E-state index contributed by atoms with van der Waals surface area (Å²) in [5, 5.41) is 22.1. The molecular weight excluding hydrogens is 591 g/mol. The SMILES string of the molecule is C[SH](N)(=O)c1ccc(Cc2c(-c3ccc(F)c(/C=C/C4CCCC4)c3)nn(-c3nc(C(=O)O)cs3)c2CC2CC2)cc1F. The van der Waals surface area contributed by atoms with Crippen LogP contribution in [-0.2, 0) is 23.0 Å². The lowest BCUT2D eigenvalue weighted by atomic mass is 9.95. The van der Waals surface area contributed by atoms with E-state index in [9.17, 15) is 18.5 Å². The maximum atomic E-state index is 15.1. The van der Waals surface area contributed by atoms with Crippen molar-refractivity contribution in [2.45, 2.75) is 56.3 Å². The highest BCUT2D eigenvalue weighted by molar-refractivity contribution is 8.00. The quantitative estimate of drug-likeness (QED) is 0.172. The van der Waals surface area contributed by atoms with Gasteiger partial charge < -0.3 is 5.11 Å². The number of aromatic nitrogens is 3. The predicted molar refractivity (Wildman–Crippen MR) is 166 cm³/mol. The first-order valence-corrected chi connectivity index (χ1v) is 17.6. The molecule has 7 nitrogen and oxygen atoms in total. The molecule has 3 N–H and O–H groups in total. The standard InChI is InChI=1S/C32H34F2N4O3S2/c1-43(35,41)29-13-9-21(15-26(29)34)14-24-28(16-20-6-7-20)38(32-36-27(18-42-32)31(39)40)37-30(24)23-11-12-25(33)22(17-23)10-8-19-4-2-3-5-19/h8-13,15,17-20,43H,2-7,14,16H2,1H3,(H2,35,41)(H,39,40)/b10-8+. The number of carbonyl (C=O) groups is 1. The molecule has 2 aromatic heterocycles. The molecule has 2 heterocycles. The molecule has 0 unspecified atom stereocenters. The number of carboxylic acids is 1. The van der Waals surface area contributed by atoms with Crippen LogP contribution in [0.2, 0.25) is 0 Å². The number of allylic oxidation sites excluding steroid dienone is 1. The molecule has 11 heteroatoms. The van der Waals surface area contributed by atoms with Crippen molar-refractivity contribution in [2.24, 2.45) is 17.0 Å². The van der Waals surface area contributed by atoms with Gasteiger partial charge in [-0.15, -0.1) is 11.3 Å². The number of hydrogen-bond acceptors (Lipinski definition) is 5. The number of thiazole rings is 1. The van der Waals surface area contributed by atoms with Gasteiger partial charge in [0.2, 0.25) is 5.13 Å². The van der Waals surface area contributed by atoms with Gasteiger partial charge in [-0.05, 0) is 90.0 Å². The summed E-state index contributed by atoms with van der Waals surface area (Å²) in [6, 6.07) is 9.46. The molecule has 6 rings (SSSR count). The van der Waals surface area contributed by atoms with Crippen LogP contribution in [-0.4, -0.2) is 36.3 Å². The minimum atomic E-state index is -3.29. The Kier molecular flexibility index (Phi) is 8.14. The van der Waals surface area contributed by atoms with Crippen LogP contribution in [0, 0.1) is 23.5 Å². The number of aromatic carboxylic acids is 1. The van der Waals surface area contributed by atoms with Gasteiger partial charge >= 0.3 is 5.97 Å². The van der Waals surface area contributed by atoms with Gasteiger partial charge in [0, 0.05) is 34.7 Å². The highest BCUT2D eigenvalue weighted by Gasteiger charge is 2.30. The zero-order valence-electron chi connectivity index (χ0n) is 23.8. The van der Waals surface area contributed by atoms with Gasteiger partial charge in [-0.2, -0.15) is 5.10 Å². The molecule has 43 heavy (non-hydrogen) atoms. The zero-order chi connectivity index (χ0) is 30.3. The normalized spacial score (nSPS) is 16.4. The smallest absolute Gasteiger partial charge is 0.355 e. The Balaban J connectivity index is 1.48. The molecule has 0 atom stereocenters. The summed E-state index contributed by atoms with van der Waals surface area (Å²) in [7, 11) is -3.29. The summed E-state index contributed by atoms with van der Waals surface area (Å²) in [5.41, 5.74) is 4.03. The lowest BCUT2D eigenvalue weighted by molar-refractivity contribution is 0.0691. The van der Waals surface area contributed by atoms with Gasteiger partial charge in [-0.1, -0.05) is 31.1 Å². The van der Waals surface area contributed by atoms with Crippen LogP contribution >= 0.6 is 11.3 Å². The third kappa shape index (κ3) is 6.53. The van der Waals surface area contributed by atoms with Crippen LogP contribution in [0.4, 0.5) is 8.78 Å². The molecule has 0 amide bonds. The van der Waals surface area contributed by atoms with E-state index >= 15 is 4.39 Å². The molecule has 0 saturated heterocycles. The largest absolute Gasteiger partial charge is 0.476 e. The fourth-order valence-corrected chi connectivity index (χ4v) is 7.39.